The van der Waals surface area contributed by atoms with Crippen LogP contribution in [-0.4, -0.2) is 11.8 Å². The van der Waals surface area contributed by atoms with Gasteiger partial charge in [0.25, 0.3) is 11.8 Å². The van der Waals surface area contributed by atoms with Crippen molar-refractivity contribution >= 4 is 38.9 Å². The van der Waals surface area contributed by atoms with E-state index in [0.717, 1.165) is 36.1 Å². The molecule has 2 heterocycles. The summed E-state index contributed by atoms with van der Waals surface area (Å²) < 4.78 is 5.18. The molecule has 0 radical (unpaired) electrons. The van der Waals surface area contributed by atoms with E-state index in [0.29, 0.717) is 27.3 Å². The van der Waals surface area contributed by atoms with Crippen molar-refractivity contribution in [3.05, 3.63) is 62.5 Å². The van der Waals surface area contributed by atoms with Gasteiger partial charge >= 0.3 is 5.63 Å². The van der Waals surface area contributed by atoms with E-state index in [2.05, 4.69) is 12.2 Å². The van der Waals surface area contributed by atoms with Crippen molar-refractivity contribution in [3.63, 3.8) is 0 Å². The Bertz CT molecular complexity index is 1150. The number of hydrogen-bond donors (Lipinski definition) is 2. The van der Waals surface area contributed by atoms with Gasteiger partial charge in [-0.2, -0.15) is 0 Å². The number of fused-ring (bicyclic) bond motifs is 2. The van der Waals surface area contributed by atoms with Gasteiger partial charge in [-0.25, -0.2) is 4.79 Å². The summed E-state index contributed by atoms with van der Waals surface area (Å²) in [5.74, 6) is -0.649. The zero-order valence-corrected chi connectivity index (χ0v) is 16.2. The molecule has 144 valence electrons. The summed E-state index contributed by atoms with van der Waals surface area (Å²) in [5, 5.41) is 4.19. The van der Waals surface area contributed by atoms with Gasteiger partial charge < -0.3 is 15.5 Å². The van der Waals surface area contributed by atoms with Crippen LogP contribution >= 0.6 is 11.3 Å². The number of amides is 2. The fourth-order valence-corrected chi connectivity index (χ4v) is 5.12. The third kappa shape index (κ3) is 3.22. The van der Waals surface area contributed by atoms with E-state index in [4.69, 9.17) is 10.2 Å². The van der Waals surface area contributed by atoms with Gasteiger partial charge in [-0.1, -0.05) is 31.5 Å². The van der Waals surface area contributed by atoms with Crippen LogP contribution < -0.4 is 16.7 Å². The van der Waals surface area contributed by atoms with E-state index in [1.54, 1.807) is 24.3 Å². The molecule has 1 atom stereocenters. The van der Waals surface area contributed by atoms with Crippen LogP contribution in [0.3, 0.4) is 0 Å². The second-order valence-electron chi connectivity index (χ2n) is 7.03. The first kappa shape index (κ1) is 18.4. The molecule has 28 heavy (non-hydrogen) atoms. The van der Waals surface area contributed by atoms with Crippen molar-refractivity contribution in [2.75, 3.05) is 5.32 Å². The summed E-state index contributed by atoms with van der Waals surface area (Å²) >= 11 is 1.39. The molecule has 7 heteroatoms. The van der Waals surface area contributed by atoms with Gasteiger partial charge in [0.05, 0.1) is 10.9 Å². The number of benzene rings is 1. The lowest BCUT2D eigenvalue weighted by atomic mass is 9.85. The smallest absolute Gasteiger partial charge is 0.344 e. The fraction of sp³-hybridized carbons (Fsp3) is 0.286. The van der Waals surface area contributed by atoms with E-state index in [-0.39, 0.29) is 5.76 Å². The number of hydrogen-bond acceptors (Lipinski definition) is 5. The van der Waals surface area contributed by atoms with Crippen LogP contribution in [0.4, 0.5) is 5.00 Å². The Morgan fingerprint density at radius 2 is 2.11 bits per heavy atom. The van der Waals surface area contributed by atoms with E-state index >= 15 is 0 Å². The van der Waals surface area contributed by atoms with Crippen LogP contribution in [0.1, 0.15) is 51.1 Å². The molecule has 2 aromatic heterocycles. The van der Waals surface area contributed by atoms with Gasteiger partial charge in [-0.05, 0) is 48.3 Å². The molecule has 3 N–H and O–H groups in total. The molecule has 6 nitrogen and oxygen atoms in total. The van der Waals surface area contributed by atoms with Gasteiger partial charge in [-0.15, -0.1) is 11.3 Å². The quantitative estimate of drug-likeness (QED) is 0.701. The van der Waals surface area contributed by atoms with Crippen LogP contribution in [-0.2, 0) is 12.8 Å². The van der Waals surface area contributed by atoms with E-state index in [1.807, 2.05) is 0 Å². The van der Waals surface area contributed by atoms with Crippen molar-refractivity contribution in [3.8, 4) is 0 Å². The number of primary amides is 1. The van der Waals surface area contributed by atoms with E-state index in [9.17, 15) is 14.4 Å². The summed E-state index contributed by atoms with van der Waals surface area (Å²) in [5.41, 5.74) is 6.35. The van der Waals surface area contributed by atoms with E-state index < -0.39 is 17.4 Å². The van der Waals surface area contributed by atoms with Gasteiger partial charge in [0.15, 0.2) is 5.76 Å². The molecule has 0 spiro atoms. The Morgan fingerprint density at radius 3 is 2.86 bits per heavy atom. The highest BCUT2D eigenvalue weighted by atomic mass is 32.1. The molecule has 1 aromatic carbocycles. The molecular weight excluding hydrogens is 376 g/mol. The van der Waals surface area contributed by atoms with Crippen LogP contribution in [0.15, 0.2) is 39.5 Å². The molecule has 0 aliphatic heterocycles. The second kappa shape index (κ2) is 7.24. The number of anilines is 1. The normalized spacial score (nSPS) is 16.0. The Balaban J connectivity index is 1.69. The summed E-state index contributed by atoms with van der Waals surface area (Å²) in [4.78, 5) is 38.0. The number of thiophene rings is 1. The van der Waals surface area contributed by atoms with E-state index in [1.165, 1.54) is 17.4 Å². The minimum atomic E-state index is -0.574. The zero-order valence-electron chi connectivity index (χ0n) is 15.4. The number of carbonyl (C=O) groups excluding carboxylic acids is 2. The summed E-state index contributed by atoms with van der Waals surface area (Å²) in [6.45, 7) is 2.16. The van der Waals surface area contributed by atoms with Gasteiger partial charge in [0.2, 0.25) is 0 Å². The molecule has 0 saturated heterocycles. The third-order valence-electron chi connectivity index (χ3n) is 5.31. The molecule has 1 aliphatic carbocycles. The standard InChI is InChI=1S/C21H20N2O4S/c1-2-11-7-8-14-16(9-11)28-20(17(14)18(22)24)23-19(25)15-10-12-5-3-4-6-13(12)21(26)27-15/h3-6,10-11H,2,7-9H2,1H3,(H2,22,24)(H,23,25)/t11-/m0/s1. The molecule has 0 saturated carbocycles. The molecule has 1 aliphatic rings. The minimum absolute atomic E-state index is 0.100. The van der Waals surface area contributed by atoms with Gasteiger partial charge in [0, 0.05) is 4.88 Å². The van der Waals surface area contributed by atoms with Gasteiger partial charge in [0.1, 0.15) is 5.00 Å². The molecule has 0 bridgehead atoms. The lowest BCUT2D eigenvalue weighted by Gasteiger charge is -2.20. The van der Waals surface area contributed by atoms with Crippen molar-refractivity contribution < 1.29 is 14.0 Å². The number of carbonyl (C=O) groups is 2. The highest BCUT2D eigenvalue weighted by molar-refractivity contribution is 7.17. The molecule has 0 fully saturated rings. The first-order chi connectivity index (χ1) is 13.5. The third-order valence-corrected chi connectivity index (χ3v) is 6.48. The fourth-order valence-electron chi connectivity index (χ4n) is 3.76. The Kier molecular flexibility index (Phi) is 4.77. The second-order valence-corrected chi connectivity index (χ2v) is 8.13. The average Bonchev–Trinajstić information content (AvgIpc) is 3.04. The maximum absolute atomic E-state index is 12.7. The minimum Gasteiger partial charge on any atom is -0.417 e. The molecule has 3 aromatic rings. The summed E-state index contributed by atoms with van der Waals surface area (Å²) in [6, 6.07) is 8.43. The van der Waals surface area contributed by atoms with Crippen molar-refractivity contribution in [2.45, 2.75) is 32.6 Å². The van der Waals surface area contributed by atoms with Crippen molar-refractivity contribution in [1.82, 2.24) is 0 Å². The maximum Gasteiger partial charge on any atom is 0.344 e. The van der Waals surface area contributed by atoms with Gasteiger partial charge in [-0.3, -0.25) is 9.59 Å². The largest absolute Gasteiger partial charge is 0.417 e. The Morgan fingerprint density at radius 1 is 1.32 bits per heavy atom. The van der Waals surface area contributed by atoms with Crippen LogP contribution in [0, 0.1) is 5.92 Å². The maximum atomic E-state index is 12.7. The number of rotatable bonds is 4. The highest BCUT2D eigenvalue weighted by Gasteiger charge is 2.28. The predicted molar refractivity (Wildman–Crippen MR) is 109 cm³/mol. The Hall–Kier alpha value is -2.93. The highest BCUT2D eigenvalue weighted by Crippen LogP contribution is 2.40. The zero-order chi connectivity index (χ0) is 19.8. The monoisotopic (exact) mass is 396 g/mol. The first-order valence-electron chi connectivity index (χ1n) is 9.26. The number of nitrogens with one attached hydrogen (secondary N) is 1. The Labute approximate surface area is 165 Å². The topological polar surface area (TPSA) is 102 Å². The predicted octanol–water partition coefficient (Wildman–Crippen LogP) is 3.72. The SMILES string of the molecule is CC[C@H]1CCc2c(sc(NC(=O)c3cc4ccccc4c(=O)o3)c2C(N)=O)C1. The van der Waals surface area contributed by atoms with Crippen molar-refractivity contribution in [1.29, 1.82) is 0 Å². The van der Waals surface area contributed by atoms with Crippen LogP contribution in [0.5, 0.6) is 0 Å². The lowest BCUT2D eigenvalue weighted by molar-refractivity contribution is 0.0993. The lowest BCUT2D eigenvalue weighted by Crippen LogP contribution is -2.20. The first-order valence-corrected chi connectivity index (χ1v) is 10.1. The molecular formula is C21H20N2O4S. The molecule has 2 amide bonds. The molecule has 0 unspecified atom stereocenters. The number of nitrogens with two attached hydrogens (primary N) is 1. The summed E-state index contributed by atoms with van der Waals surface area (Å²) in [7, 11) is 0. The summed E-state index contributed by atoms with van der Waals surface area (Å²) in [6.07, 6.45) is 3.75. The van der Waals surface area contributed by atoms with Crippen LogP contribution in [0.2, 0.25) is 0 Å². The average molecular weight is 396 g/mol. The molecule has 4 rings (SSSR count). The van der Waals surface area contributed by atoms with Crippen molar-refractivity contribution in [2.24, 2.45) is 11.7 Å². The van der Waals surface area contributed by atoms with Crippen LogP contribution in [0.25, 0.3) is 10.8 Å².